The molecule has 9 aromatic rings. The zero-order valence-electron chi connectivity index (χ0n) is 33.8. The molecule has 0 aromatic heterocycles. The van der Waals surface area contributed by atoms with E-state index < -0.39 is 5.41 Å². The predicted molar refractivity (Wildman–Crippen MR) is 251 cm³/mol. The van der Waals surface area contributed by atoms with E-state index in [1.54, 1.807) is 0 Å². The Morgan fingerprint density at radius 1 is 0.333 bits per heavy atom. The molecule has 0 radical (unpaired) electrons. The van der Waals surface area contributed by atoms with Gasteiger partial charge in [0.05, 0.1) is 22.5 Å². The number of nitrogens with zero attached hydrogens (tertiary/aromatic N) is 2. The summed E-state index contributed by atoms with van der Waals surface area (Å²) >= 11 is 0. The van der Waals surface area contributed by atoms with Crippen molar-refractivity contribution in [1.82, 2.24) is 0 Å². The van der Waals surface area contributed by atoms with Crippen molar-refractivity contribution in [2.45, 2.75) is 24.7 Å². The maximum Gasteiger partial charge on any atom is 0.0749 e. The third kappa shape index (κ3) is 5.41. The van der Waals surface area contributed by atoms with Gasteiger partial charge in [0.1, 0.15) is 0 Å². The van der Waals surface area contributed by atoms with Crippen LogP contribution < -0.4 is 9.80 Å². The summed E-state index contributed by atoms with van der Waals surface area (Å²) in [5.74, 6) is 0. The molecular weight excluding hydrogens is 725 g/mol. The Balaban J connectivity index is 1.20. The summed E-state index contributed by atoms with van der Waals surface area (Å²) in [4.78, 5) is 4.94. The average molecular weight is 769 g/mol. The summed E-state index contributed by atoms with van der Waals surface area (Å²) in [6, 6.07) is 84.8. The van der Waals surface area contributed by atoms with Gasteiger partial charge in [0.25, 0.3) is 0 Å². The van der Waals surface area contributed by atoms with Crippen LogP contribution in [-0.4, -0.2) is 0 Å². The summed E-state index contributed by atoms with van der Waals surface area (Å²) in [6.45, 7) is 4.85. The quantitative estimate of drug-likeness (QED) is 0.166. The zero-order valence-corrected chi connectivity index (χ0v) is 33.8. The SMILES string of the molecule is CC1(C)c2ccccc2C2(c3ccccc3N(c3ccccc3)c3ccccc32)c2cccc(N(c3ccc(-c4ccccc4)cc3)c3ccc(-c4ccccc4)cc3)c21. The van der Waals surface area contributed by atoms with Crippen molar-refractivity contribution in [3.63, 3.8) is 0 Å². The Morgan fingerprint density at radius 3 is 1.25 bits per heavy atom. The van der Waals surface area contributed by atoms with Crippen molar-refractivity contribution in [2.24, 2.45) is 0 Å². The zero-order chi connectivity index (χ0) is 40.3. The molecule has 0 saturated heterocycles. The fourth-order valence-corrected chi connectivity index (χ4v) is 10.3. The van der Waals surface area contributed by atoms with Crippen LogP contribution in [0.15, 0.2) is 231 Å². The monoisotopic (exact) mass is 768 g/mol. The van der Waals surface area contributed by atoms with Gasteiger partial charge in [-0.2, -0.15) is 0 Å². The maximum absolute atomic E-state index is 2.49. The van der Waals surface area contributed by atoms with Gasteiger partial charge in [-0.15, -0.1) is 0 Å². The maximum atomic E-state index is 2.49. The van der Waals surface area contributed by atoms with E-state index in [0.717, 1.165) is 17.1 Å². The van der Waals surface area contributed by atoms with Gasteiger partial charge in [-0.3, -0.25) is 0 Å². The normalized spacial score (nSPS) is 14.1. The van der Waals surface area contributed by atoms with E-state index in [1.807, 2.05) is 0 Å². The number of benzene rings is 9. The first kappa shape index (κ1) is 35.7. The molecule has 2 heteroatoms. The number of para-hydroxylation sites is 3. The van der Waals surface area contributed by atoms with Gasteiger partial charge in [-0.1, -0.05) is 190 Å². The lowest BCUT2D eigenvalue weighted by Crippen LogP contribution is -2.45. The van der Waals surface area contributed by atoms with Crippen molar-refractivity contribution >= 4 is 34.1 Å². The van der Waals surface area contributed by atoms with Crippen LogP contribution in [0.5, 0.6) is 0 Å². The van der Waals surface area contributed by atoms with Crippen LogP contribution in [0.1, 0.15) is 47.2 Å². The summed E-state index contributed by atoms with van der Waals surface area (Å²) in [5.41, 5.74) is 18.6. The molecular formula is C58H44N2. The number of hydrogen-bond acceptors (Lipinski definition) is 2. The Bertz CT molecular complexity index is 2860. The molecule has 0 fully saturated rings. The Labute approximate surface area is 353 Å². The van der Waals surface area contributed by atoms with Crippen molar-refractivity contribution in [1.29, 1.82) is 0 Å². The molecule has 1 aliphatic carbocycles. The van der Waals surface area contributed by atoms with Crippen LogP contribution in [0.3, 0.4) is 0 Å². The topological polar surface area (TPSA) is 6.48 Å². The third-order valence-electron chi connectivity index (χ3n) is 12.9. The number of hydrogen-bond donors (Lipinski definition) is 0. The minimum Gasteiger partial charge on any atom is -0.310 e. The molecule has 60 heavy (non-hydrogen) atoms. The predicted octanol–water partition coefficient (Wildman–Crippen LogP) is 15.3. The molecule has 11 rings (SSSR count). The first-order valence-corrected chi connectivity index (χ1v) is 20.9. The van der Waals surface area contributed by atoms with Crippen molar-refractivity contribution < 1.29 is 0 Å². The highest BCUT2D eigenvalue weighted by atomic mass is 15.2. The van der Waals surface area contributed by atoms with Gasteiger partial charge >= 0.3 is 0 Å². The highest BCUT2D eigenvalue weighted by Crippen LogP contribution is 2.64. The smallest absolute Gasteiger partial charge is 0.0749 e. The molecule has 2 nitrogen and oxygen atoms in total. The second kappa shape index (κ2) is 14.1. The van der Waals surface area contributed by atoms with Crippen LogP contribution in [0.4, 0.5) is 34.1 Å². The first-order chi connectivity index (χ1) is 29.5. The van der Waals surface area contributed by atoms with Crippen LogP contribution in [0, 0.1) is 0 Å². The molecule has 1 spiro atoms. The standard InChI is InChI=1S/C58H44N2/c1-57(2)48-25-12-13-26-49(48)58(50-27-14-16-30-53(50)60(45-23-10-5-11-24-45)54-31-17-15-28-51(54)58)52-29-18-32-55(56(52)57)59(46-37-33-43(34-38-46)41-19-6-3-7-20-41)47-39-35-44(36-40-47)42-21-8-4-9-22-42/h3-40H,1-2H3. The second-order valence-corrected chi connectivity index (χ2v) is 16.5. The lowest BCUT2D eigenvalue weighted by Gasteiger charge is -2.53. The molecule has 1 heterocycles. The van der Waals surface area contributed by atoms with E-state index >= 15 is 0 Å². The van der Waals surface area contributed by atoms with Crippen LogP contribution >= 0.6 is 0 Å². The van der Waals surface area contributed by atoms with Crippen molar-refractivity contribution in [2.75, 3.05) is 9.80 Å². The molecule has 286 valence electrons. The van der Waals surface area contributed by atoms with Gasteiger partial charge in [-0.05, 0) is 110 Å². The van der Waals surface area contributed by atoms with Gasteiger partial charge in [0, 0.05) is 22.5 Å². The van der Waals surface area contributed by atoms with E-state index in [0.29, 0.717) is 0 Å². The van der Waals surface area contributed by atoms with Crippen LogP contribution in [0.25, 0.3) is 22.3 Å². The minimum absolute atomic E-state index is 0.361. The van der Waals surface area contributed by atoms with Crippen LogP contribution in [0.2, 0.25) is 0 Å². The van der Waals surface area contributed by atoms with Gasteiger partial charge < -0.3 is 9.80 Å². The molecule has 1 aliphatic heterocycles. The molecule has 2 aliphatic rings. The lowest BCUT2D eigenvalue weighted by molar-refractivity contribution is 0.557. The number of rotatable bonds is 6. The number of fused-ring (bicyclic) bond motifs is 8. The summed E-state index contributed by atoms with van der Waals surface area (Å²) in [6.07, 6.45) is 0. The highest BCUT2D eigenvalue weighted by Gasteiger charge is 2.54. The molecule has 0 saturated carbocycles. The third-order valence-corrected chi connectivity index (χ3v) is 12.9. The molecule has 0 N–H and O–H groups in total. The van der Waals surface area contributed by atoms with Gasteiger partial charge in [0.15, 0.2) is 0 Å². The fraction of sp³-hybridized carbons (Fsp3) is 0.0690. The fourth-order valence-electron chi connectivity index (χ4n) is 10.3. The second-order valence-electron chi connectivity index (χ2n) is 16.5. The van der Waals surface area contributed by atoms with Crippen molar-refractivity contribution in [3.05, 3.63) is 264 Å². The highest BCUT2D eigenvalue weighted by molar-refractivity contribution is 5.93. The van der Waals surface area contributed by atoms with Crippen LogP contribution in [-0.2, 0) is 10.8 Å². The minimum atomic E-state index is -0.601. The summed E-state index contributed by atoms with van der Waals surface area (Å²) in [5, 5.41) is 0. The van der Waals surface area contributed by atoms with Gasteiger partial charge in [0.2, 0.25) is 0 Å². The Morgan fingerprint density at radius 2 is 0.733 bits per heavy atom. The number of anilines is 6. The van der Waals surface area contributed by atoms with E-state index in [1.165, 1.54) is 72.7 Å². The summed E-state index contributed by atoms with van der Waals surface area (Å²) in [7, 11) is 0. The van der Waals surface area contributed by atoms with E-state index in [9.17, 15) is 0 Å². The molecule has 0 bridgehead atoms. The average Bonchev–Trinajstić information content (AvgIpc) is 3.32. The molecule has 0 unspecified atom stereocenters. The first-order valence-electron chi connectivity index (χ1n) is 20.9. The largest absolute Gasteiger partial charge is 0.310 e. The molecule has 9 aromatic carbocycles. The Hall–Kier alpha value is -7.42. The van der Waals surface area contributed by atoms with E-state index in [4.69, 9.17) is 0 Å². The van der Waals surface area contributed by atoms with E-state index in [-0.39, 0.29) is 5.41 Å². The molecule has 0 amide bonds. The Kier molecular flexibility index (Phi) is 8.42. The molecule has 0 atom stereocenters. The van der Waals surface area contributed by atoms with E-state index in [2.05, 4.69) is 254 Å². The summed E-state index contributed by atoms with van der Waals surface area (Å²) < 4.78 is 0. The van der Waals surface area contributed by atoms with Crippen molar-refractivity contribution in [3.8, 4) is 22.3 Å². The van der Waals surface area contributed by atoms with Gasteiger partial charge in [-0.25, -0.2) is 0 Å². The lowest BCUT2D eigenvalue weighted by atomic mass is 9.52.